The number of hydrogen-bond donors (Lipinski definition) is 1. The Hall–Kier alpha value is -2.50. The van der Waals surface area contributed by atoms with Gasteiger partial charge in [0.05, 0.1) is 11.4 Å². The summed E-state index contributed by atoms with van der Waals surface area (Å²) in [5.74, 6) is 0. The van der Waals surface area contributed by atoms with E-state index >= 15 is 0 Å². The van der Waals surface area contributed by atoms with E-state index in [9.17, 15) is 0 Å². The van der Waals surface area contributed by atoms with Crippen molar-refractivity contribution in [1.29, 1.82) is 0 Å². The number of rotatable bonds is 8. The van der Waals surface area contributed by atoms with Crippen LogP contribution in [0.15, 0.2) is 61.1 Å². The number of nitrogens with zero attached hydrogens (tertiary/aromatic N) is 4. The van der Waals surface area contributed by atoms with Crippen LogP contribution in [0.1, 0.15) is 12.0 Å². The fourth-order valence-electron chi connectivity index (χ4n) is 2.75. The van der Waals surface area contributed by atoms with Crippen LogP contribution >= 0.6 is 0 Å². The van der Waals surface area contributed by atoms with Gasteiger partial charge in [0.1, 0.15) is 0 Å². The highest BCUT2D eigenvalue weighted by molar-refractivity contribution is 5.62. The van der Waals surface area contributed by atoms with Crippen molar-refractivity contribution in [1.82, 2.24) is 25.0 Å². The van der Waals surface area contributed by atoms with Crippen LogP contribution in [-0.4, -0.2) is 46.8 Å². The van der Waals surface area contributed by atoms with Gasteiger partial charge in [-0.3, -0.25) is 4.98 Å². The predicted octanol–water partition coefficient (Wildman–Crippen LogP) is 2.98. The molecule has 5 heteroatoms. The minimum absolute atomic E-state index is 0.803. The van der Waals surface area contributed by atoms with E-state index in [1.165, 1.54) is 5.56 Å². The van der Waals surface area contributed by atoms with Crippen LogP contribution in [0.25, 0.3) is 16.9 Å². The van der Waals surface area contributed by atoms with E-state index in [1.54, 1.807) is 0 Å². The standard InChI is InChI=1S/C20H25N5/c1-24(2)14-6-11-22-15-18-16-25(19-7-4-3-5-8-19)23-20(18)17-9-12-21-13-10-17/h3-5,7-10,12-13,16,22H,6,11,14-15H2,1-2H3. The molecule has 0 atom stereocenters. The van der Waals surface area contributed by atoms with Crippen molar-refractivity contribution >= 4 is 0 Å². The Kier molecular flexibility index (Phi) is 5.93. The second-order valence-electron chi connectivity index (χ2n) is 6.35. The van der Waals surface area contributed by atoms with Gasteiger partial charge in [-0.15, -0.1) is 0 Å². The van der Waals surface area contributed by atoms with E-state index in [4.69, 9.17) is 5.10 Å². The maximum atomic E-state index is 4.82. The van der Waals surface area contributed by atoms with Crippen LogP contribution in [0.4, 0.5) is 0 Å². The zero-order valence-corrected chi connectivity index (χ0v) is 14.9. The molecule has 2 aromatic heterocycles. The minimum Gasteiger partial charge on any atom is -0.312 e. The Morgan fingerprint density at radius 2 is 1.80 bits per heavy atom. The summed E-state index contributed by atoms with van der Waals surface area (Å²) in [6.07, 6.45) is 6.87. The molecule has 3 rings (SSSR count). The van der Waals surface area contributed by atoms with Gasteiger partial charge < -0.3 is 10.2 Å². The van der Waals surface area contributed by atoms with Crippen molar-refractivity contribution in [2.24, 2.45) is 0 Å². The molecular formula is C20H25N5. The maximum Gasteiger partial charge on any atom is 0.0973 e. The predicted molar refractivity (Wildman–Crippen MR) is 102 cm³/mol. The lowest BCUT2D eigenvalue weighted by Gasteiger charge is -2.09. The van der Waals surface area contributed by atoms with Crippen molar-refractivity contribution in [3.05, 3.63) is 66.6 Å². The van der Waals surface area contributed by atoms with Crippen molar-refractivity contribution in [2.75, 3.05) is 27.2 Å². The zero-order valence-electron chi connectivity index (χ0n) is 14.9. The van der Waals surface area contributed by atoms with E-state index in [0.29, 0.717) is 0 Å². The van der Waals surface area contributed by atoms with E-state index < -0.39 is 0 Å². The van der Waals surface area contributed by atoms with Crippen molar-refractivity contribution in [3.63, 3.8) is 0 Å². The SMILES string of the molecule is CN(C)CCCNCc1cn(-c2ccccc2)nc1-c1ccncc1. The quantitative estimate of drug-likeness (QED) is 0.643. The molecule has 3 aromatic rings. The van der Waals surface area contributed by atoms with Gasteiger partial charge in [-0.1, -0.05) is 18.2 Å². The number of aromatic nitrogens is 3. The third-order valence-corrected chi connectivity index (χ3v) is 4.04. The van der Waals surface area contributed by atoms with Gasteiger partial charge in [0.25, 0.3) is 0 Å². The minimum atomic E-state index is 0.803. The summed E-state index contributed by atoms with van der Waals surface area (Å²) >= 11 is 0. The Morgan fingerprint density at radius 3 is 2.52 bits per heavy atom. The fourth-order valence-corrected chi connectivity index (χ4v) is 2.75. The Morgan fingerprint density at radius 1 is 1.04 bits per heavy atom. The molecule has 0 fully saturated rings. The Labute approximate surface area is 149 Å². The van der Waals surface area contributed by atoms with E-state index in [0.717, 1.165) is 43.0 Å². The molecule has 2 heterocycles. The van der Waals surface area contributed by atoms with E-state index in [-0.39, 0.29) is 0 Å². The van der Waals surface area contributed by atoms with Gasteiger partial charge in [0.2, 0.25) is 0 Å². The molecule has 25 heavy (non-hydrogen) atoms. The van der Waals surface area contributed by atoms with Gasteiger partial charge in [-0.2, -0.15) is 5.10 Å². The lowest BCUT2D eigenvalue weighted by atomic mass is 10.1. The molecule has 0 unspecified atom stereocenters. The molecule has 1 N–H and O–H groups in total. The summed E-state index contributed by atoms with van der Waals surface area (Å²) in [7, 11) is 4.21. The molecule has 0 bridgehead atoms. The molecule has 0 spiro atoms. The highest BCUT2D eigenvalue weighted by Crippen LogP contribution is 2.23. The van der Waals surface area contributed by atoms with Crippen LogP contribution in [0.5, 0.6) is 0 Å². The summed E-state index contributed by atoms with van der Waals surface area (Å²) in [5.41, 5.74) is 4.36. The number of nitrogens with one attached hydrogen (secondary N) is 1. The first-order valence-corrected chi connectivity index (χ1v) is 8.64. The summed E-state index contributed by atoms with van der Waals surface area (Å²) in [6.45, 7) is 2.88. The second kappa shape index (κ2) is 8.55. The molecule has 0 aliphatic rings. The highest BCUT2D eigenvalue weighted by atomic mass is 15.3. The third-order valence-electron chi connectivity index (χ3n) is 4.04. The lowest BCUT2D eigenvalue weighted by Crippen LogP contribution is -2.21. The molecule has 0 amide bonds. The van der Waals surface area contributed by atoms with Gasteiger partial charge in [-0.05, 0) is 57.9 Å². The van der Waals surface area contributed by atoms with E-state index in [1.807, 2.05) is 47.4 Å². The summed E-state index contributed by atoms with van der Waals surface area (Å²) in [4.78, 5) is 6.32. The number of benzene rings is 1. The first kappa shape index (κ1) is 17.3. The van der Waals surface area contributed by atoms with Gasteiger partial charge in [0, 0.05) is 36.3 Å². The van der Waals surface area contributed by atoms with Crippen LogP contribution in [0.2, 0.25) is 0 Å². The average molecular weight is 335 g/mol. The summed E-state index contributed by atoms with van der Waals surface area (Å²) in [5, 5.41) is 8.35. The topological polar surface area (TPSA) is 46.0 Å². The monoisotopic (exact) mass is 335 g/mol. The Bertz CT molecular complexity index is 765. The molecular weight excluding hydrogens is 310 g/mol. The zero-order chi connectivity index (χ0) is 17.5. The van der Waals surface area contributed by atoms with Gasteiger partial charge >= 0.3 is 0 Å². The van der Waals surface area contributed by atoms with E-state index in [2.05, 4.69) is 47.6 Å². The molecule has 0 aliphatic heterocycles. The van der Waals surface area contributed by atoms with Crippen LogP contribution in [0.3, 0.4) is 0 Å². The van der Waals surface area contributed by atoms with Crippen LogP contribution in [0, 0.1) is 0 Å². The van der Waals surface area contributed by atoms with Gasteiger partial charge in [0.15, 0.2) is 0 Å². The maximum absolute atomic E-state index is 4.82. The van der Waals surface area contributed by atoms with Crippen LogP contribution in [-0.2, 0) is 6.54 Å². The van der Waals surface area contributed by atoms with Crippen molar-refractivity contribution in [3.8, 4) is 16.9 Å². The third kappa shape index (κ3) is 4.75. The average Bonchev–Trinajstić information content (AvgIpc) is 3.07. The number of hydrogen-bond acceptors (Lipinski definition) is 4. The van der Waals surface area contributed by atoms with Crippen LogP contribution < -0.4 is 5.32 Å². The molecule has 130 valence electrons. The molecule has 0 aliphatic carbocycles. The lowest BCUT2D eigenvalue weighted by molar-refractivity contribution is 0.394. The van der Waals surface area contributed by atoms with Crippen molar-refractivity contribution < 1.29 is 0 Å². The summed E-state index contributed by atoms with van der Waals surface area (Å²) in [6, 6.07) is 14.2. The molecule has 1 aromatic carbocycles. The largest absolute Gasteiger partial charge is 0.312 e. The first-order valence-electron chi connectivity index (χ1n) is 8.64. The van der Waals surface area contributed by atoms with Crippen molar-refractivity contribution in [2.45, 2.75) is 13.0 Å². The number of para-hydroxylation sites is 1. The second-order valence-corrected chi connectivity index (χ2v) is 6.35. The smallest absolute Gasteiger partial charge is 0.0973 e. The van der Waals surface area contributed by atoms with Gasteiger partial charge in [-0.25, -0.2) is 4.68 Å². The summed E-state index contributed by atoms with van der Waals surface area (Å²) < 4.78 is 1.95. The number of pyridine rings is 1. The normalized spacial score (nSPS) is 11.2. The molecule has 0 radical (unpaired) electrons. The molecule has 0 saturated carbocycles. The highest BCUT2D eigenvalue weighted by Gasteiger charge is 2.12. The first-order chi connectivity index (χ1) is 12.2. The molecule has 0 saturated heterocycles. The Balaban J connectivity index is 1.79. The fraction of sp³-hybridized carbons (Fsp3) is 0.300. The molecule has 5 nitrogen and oxygen atoms in total.